The average Bonchev–Trinajstić information content (AvgIpc) is 3.09. The van der Waals surface area contributed by atoms with Crippen molar-refractivity contribution in [3.05, 3.63) is 69.2 Å². The fourth-order valence-corrected chi connectivity index (χ4v) is 4.71. The van der Waals surface area contributed by atoms with Crippen molar-refractivity contribution in [2.24, 2.45) is 0 Å². The molecular weight excluding hydrogens is 500 g/mol. The Labute approximate surface area is 208 Å². The lowest BCUT2D eigenvalue weighted by Crippen LogP contribution is -2.42. The van der Waals surface area contributed by atoms with Crippen molar-refractivity contribution < 1.29 is 24.2 Å². The molecule has 0 saturated carbocycles. The number of benzene rings is 2. The average molecular weight is 529 g/mol. The molecule has 34 heavy (non-hydrogen) atoms. The van der Waals surface area contributed by atoms with E-state index in [0.717, 1.165) is 34.4 Å². The number of likely N-dealkylation sites (tertiary alicyclic amines) is 1. The van der Waals surface area contributed by atoms with Crippen LogP contribution in [0.15, 0.2) is 52.5 Å². The van der Waals surface area contributed by atoms with Gasteiger partial charge in [0.1, 0.15) is 11.5 Å². The highest BCUT2D eigenvalue weighted by Crippen LogP contribution is 2.40. The van der Waals surface area contributed by atoms with Crippen LogP contribution in [-0.4, -0.2) is 72.6 Å². The number of Topliss-reactive ketones (excluding diaryl/α,β-unsaturated/α-hetero) is 1. The highest BCUT2D eigenvalue weighted by molar-refractivity contribution is 9.10. The predicted molar refractivity (Wildman–Crippen MR) is 133 cm³/mol. The van der Waals surface area contributed by atoms with Gasteiger partial charge >= 0.3 is 0 Å². The molecule has 0 spiro atoms. The molecule has 8 heteroatoms. The molecule has 1 N–H and O–H groups in total. The summed E-state index contributed by atoms with van der Waals surface area (Å²) in [4.78, 5) is 30.1. The zero-order valence-corrected chi connectivity index (χ0v) is 21.0. The van der Waals surface area contributed by atoms with Crippen molar-refractivity contribution in [1.82, 2.24) is 9.80 Å². The minimum atomic E-state index is -0.668. The number of carbonyl (C=O) groups excluding carboxylic acids is 2. The van der Waals surface area contributed by atoms with Crippen LogP contribution in [0, 0.1) is 6.92 Å². The molecule has 1 amide bonds. The Morgan fingerprint density at radius 3 is 2.47 bits per heavy atom. The molecule has 2 aliphatic rings. The van der Waals surface area contributed by atoms with Gasteiger partial charge in [0.2, 0.25) is 0 Å². The summed E-state index contributed by atoms with van der Waals surface area (Å²) in [5.41, 5.74) is 2.20. The van der Waals surface area contributed by atoms with Crippen LogP contribution in [0.2, 0.25) is 0 Å². The van der Waals surface area contributed by atoms with Crippen molar-refractivity contribution >= 4 is 33.4 Å². The zero-order valence-electron chi connectivity index (χ0n) is 19.4. The summed E-state index contributed by atoms with van der Waals surface area (Å²) in [6.07, 6.45) is 0. The number of ketones is 1. The molecule has 0 aliphatic carbocycles. The number of halogens is 1. The molecule has 2 fully saturated rings. The SMILES string of the molecule is CCOc1ccc(C(O)=C2C(=O)C(=O)N(CCN3CCOCC3)C2c2ccc(Br)cc2)cc1C. The molecule has 2 saturated heterocycles. The van der Waals surface area contributed by atoms with Crippen LogP contribution >= 0.6 is 15.9 Å². The Morgan fingerprint density at radius 1 is 1.12 bits per heavy atom. The minimum Gasteiger partial charge on any atom is -0.507 e. The van der Waals surface area contributed by atoms with E-state index < -0.39 is 17.7 Å². The zero-order chi connectivity index (χ0) is 24.2. The molecule has 1 atom stereocenters. The third-order valence-corrected chi connectivity index (χ3v) is 6.76. The van der Waals surface area contributed by atoms with E-state index in [2.05, 4.69) is 20.8 Å². The normalized spacial score (nSPS) is 20.7. The van der Waals surface area contributed by atoms with Crippen molar-refractivity contribution in [2.75, 3.05) is 46.0 Å². The number of nitrogens with zero attached hydrogens (tertiary/aromatic N) is 2. The topological polar surface area (TPSA) is 79.3 Å². The van der Waals surface area contributed by atoms with Gasteiger partial charge in [0.25, 0.3) is 11.7 Å². The lowest BCUT2D eigenvalue weighted by molar-refractivity contribution is -0.140. The molecule has 0 bridgehead atoms. The first kappa shape index (κ1) is 24.4. The quantitative estimate of drug-likeness (QED) is 0.333. The molecular formula is C26H29BrN2O5. The van der Waals surface area contributed by atoms with Gasteiger partial charge in [-0.3, -0.25) is 14.5 Å². The Morgan fingerprint density at radius 2 is 1.82 bits per heavy atom. The number of hydrogen-bond donors (Lipinski definition) is 1. The van der Waals surface area contributed by atoms with Gasteiger partial charge < -0.3 is 19.5 Å². The molecule has 180 valence electrons. The summed E-state index contributed by atoms with van der Waals surface area (Å²) in [5, 5.41) is 11.3. The Kier molecular flexibility index (Phi) is 7.70. The van der Waals surface area contributed by atoms with Crippen LogP contribution in [0.3, 0.4) is 0 Å². The standard InChI is InChI=1S/C26H29BrN2O5/c1-3-34-21-9-6-19(16-17(21)2)24(30)22-23(18-4-7-20(27)8-5-18)29(26(32)25(22)31)11-10-28-12-14-33-15-13-28/h4-9,16,23,30H,3,10-15H2,1-2H3. The molecule has 1 unspecified atom stereocenters. The number of aliphatic hydroxyl groups is 1. The van der Waals surface area contributed by atoms with Crippen molar-refractivity contribution in [2.45, 2.75) is 19.9 Å². The van der Waals surface area contributed by atoms with Crippen LogP contribution in [0.1, 0.15) is 29.7 Å². The van der Waals surface area contributed by atoms with Gasteiger partial charge in [-0.2, -0.15) is 0 Å². The monoisotopic (exact) mass is 528 g/mol. The van der Waals surface area contributed by atoms with Crippen LogP contribution < -0.4 is 4.74 Å². The molecule has 7 nitrogen and oxygen atoms in total. The van der Waals surface area contributed by atoms with E-state index in [1.54, 1.807) is 23.1 Å². The maximum absolute atomic E-state index is 13.2. The fraction of sp³-hybridized carbons (Fsp3) is 0.385. The highest BCUT2D eigenvalue weighted by atomic mass is 79.9. The smallest absolute Gasteiger partial charge is 0.295 e. The summed E-state index contributed by atoms with van der Waals surface area (Å²) in [7, 11) is 0. The van der Waals surface area contributed by atoms with E-state index in [4.69, 9.17) is 9.47 Å². The summed E-state index contributed by atoms with van der Waals surface area (Å²) >= 11 is 3.44. The summed E-state index contributed by atoms with van der Waals surface area (Å²) in [6, 6.07) is 12.1. The number of carbonyl (C=O) groups is 2. The van der Waals surface area contributed by atoms with E-state index >= 15 is 0 Å². The number of rotatable bonds is 7. The van der Waals surface area contributed by atoms with Gasteiger partial charge in [-0.15, -0.1) is 0 Å². The van der Waals surface area contributed by atoms with Gasteiger partial charge in [0, 0.05) is 36.2 Å². The lowest BCUT2D eigenvalue weighted by atomic mass is 9.95. The van der Waals surface area contributed by atoms with Gasteiger partial charge in [-0.1, -0.05) is 28.1 Å². The Hall–Kier alpha value is -2.68. The summed E-state index contributed by atoms with van der Waals surface area (Å²) < 4.78 is 11.9. The van der Waals surface area contributed by atoms with Gasteiger partial charge in [0.05, 0.1) is 31.4 Å². The fourth-order valence-electron chi connectivity index (χ4n) is 4.45. The van der Waals surface area contributed by atoms with E-state index in [1.807, 2.05) is 38.1 Å². The van der Waals surface area contributed by atoms with Crippen LogP contribution in [0.4, 0.5) is 0 Å². The van der Waals surface area contributed by atoms with Gasteiger partial charge in [-0.25, -0.2) is 0 Å². The van der Waals surface area contributed by atoms with Gasteiger partial charge in [0.15, 0.2) is 0 Å². The lowest BCUT2D eigenvalue weighted by Gasteiger charge is -2.31. The van der Waals surface area contributed by atoms with Crippen LogP contribution in [0.25, 0.3) is 5.76 Å². The van der Waals surface area contributed by atoms with E-state index in [-0.39, 0.29) is 11.3 Å². The first-order valence-electron chi connectivity index (χ1n) is 11.5. The van der Waals surface area contributed by atoms with E-state index in [1.165, 1.54) is 0 Å². The summed E-state index contributed by atoms with van der Waals surface area (Å²) in [5.74, 6) is -0.718. The van der Waals surface area contributed by atoms with Crippen LogP contribution in [0.5, 0.6) is 5.75 Å². The molecule has 2 aromatic rings. The second-order valence-electron chi connectivity index (χ2n) is 8.41. The first-order chi connectivity index (χ1) is 16.4. The Bertz CT molecular complexity index is 1090. The van der Waals surface area contributed by atoms with Gasteiger partial charge in [-0.05, 0) is 55.3 Å². The van der Waals surface area contributed by atoms with E-state index in [9.17, 15) is 14.7 Å². The molecule has 4 rings (SSSR count). The molecule has 0 radical (unpaired) electrons. The van der Waals surface area contributed by atoms with E-state index in [0.29, 0.717) is 38.5 Å². The number of amides is 1. The van der Waals surface area contributed by atoms with Crippen molar-refractivity contribution in [1.29, 1.82) is 0 Å². The van der Waals surface area contributed by atoms with Crippen molar-refractivity contribution in [3.8, 4) is 5.75 Å². The van der Waals surface area contributed by atoms with Crippen LogP contribution in [-0.2, 0) is 14.3 Å². The number of aryl methyl sites for hydroxylation is 1. The maximum Gasteiger partial charge on any atom is 0.295 e. The summed E-state index contributed by atoms with van der Waals surface area (Å²) in [6.45, 7) is 8.23. The molecule has 2 heterocycles. The molecule has 2 aliphatic heterocycles. The first-order valence-corrected chi connectivity index (χ1v) is 12.3. The number of aliphatic hydroxyl groups excluding tert-OH is 1. The number of morpholine rings is 1. The Balaban J connectivity index is 1.73. The van der Waals surface area contributed by atoms with Crippen molar-refractivity contribution in [3.63, 3.8) is 0 Å². The minimum absolute atomic E-state index is 0.109. The third kappa shape index (κ3) is 5.04. The second-order valence-corrected chi connectivity index (χ2v) is 9.33. The second kappa shape index (κ2) is 10.7. The number of hydrogen-bond acceptors (Lipinski definition) is 6. The third-order valence-electron chi connectivity index (χ3n) is 6.23. The highest BCUT2D eigenvalue weighted by Gasteiger charge is 2.46. The molecule has 0 aromatic heterocycles. The largest absolute Gasteiger partial charge is 0.507 e. The predicted octanol–water partition coefficient (Wildman–Crippen LogP) is 3.91. The number of ether oxygens (including phenoxy) is 2. The molecule has 2 aromatic carbocycles. The maximum atomic E-state index is 13.2.